The van der Waals surface area contributed by atoms with Crippen LogP contribution in [-0.4, -0.2) is 26.0 Å². The van der Waals surface area contributed by atoms with Gasteiger partial charge in [0.25, 0.3) is 0 Å². The van der Waals surface area contributed by atoms with Crippen molar-refractivity contribution in [3.05, 3.63) is 65.5 Å². The van der Waals surface area contributed by atoms with Crippen molar-refractivity contribution in [2.45, 2.75) is 6.04 Å². The van der Waals surface area contributed by atoms with Gasteiger partial charge in [-0.05, 0) is 49.5 Å². The molecule has 0 radical (unpaired) electrons. The van der Waals surface area contributed by atoms with Crippen LogP contribution in [0.25, 0.3) is 0 Å². The van der Waals surface area contributed by atoms with E-state index in [1.807, 2.05) is 45.4 Å². The molecule has 3 heteroatoms. The molecule has 1 atom stereocenters. The average Bonchev–Trinajstić information content (AvgIpc) is 2.41. The first-order chi connectivity index (χ1) is 9.11. The topological polar surface area (TPSA) is 15.3 Å². The molecule has 2 nitrogen and oxygen atoms in total. The third-order valence-electron chi connectivity index (χ3n) is 3.19. The van der Waals surface area contributed by atoms with Gasteiger partial charge in [0.2, 0.25) is 0 Å². The van der Waals surface area contributed by atoms with Crippen LogP contribution in [0.15, 0.2) is 48.5 Å². The predicted molar refractivity (Wildman–Crippen MR) is 77.9 cm³/mol. The van der Waals surface area contributed by atoms with E-state index in [1.165, 1.54) is 17.7 Å². The van der Waals surface area contributed by atoms with E-state index >= 15 is 0 Å². The number of nitrogens with zero attached hydrogens (tertiary/aromatic N) is 1. The molecule has 0 aliphatic rings. The molecule has 19 heavy (non-hydrogen) atoms. The van der Waals surface area contributed by atoms with Crippen molar-refractivity contribution in [3.63, 3.8) is 0 Å². The molecular weight excluding hydrogens is 239 g/mol. The number of benzene rings is 2. The molecule has 0 spiro atoms. The highest BCUT2D eigenvalue weighted by molar-refractivity contribution is 5.47. The van der Waals surface area contributed by atoms with Crippen LogP contribution in [0, 0.1) is 5.82 Å². The highest BCUT2D eigenvalue weighted by atomic mass is 19.1. The first-order valence-electron chi connectivity index (χ1n) is 6.31. The second-order valence-corrected chi connectivity index (χ2v) is 4.79. The monoisotopic (exact) mass is 258 g/mol. The summed E-state index contributed by atoms with van der Waals surface area (Å²) in [5, 5.41) is 3.14. The fourth-order valence-electron chi connectivity index (χ4n) is 2.30. The van der Waals surface area contributed by atoms with Crippen molar-refractivity contribution in [1.29, 1.82) is 0 Å². The molecule has 2 aromatic carbocycles. The Bertz CT molecular complexity index is 535. The van der Waals surface area contributed by atoms with Crippen LogP contribution in [0.3, 0.4) is 0 Å². The lowest BCUT2D eigenvalue weighted by Crippen LogP contribution is -2.21. The van der Waals surface area contributed by atoms with Gasteiger partial charge in [0.05, 0.1) is 6.04 Å². The van der Waals surface area contributed by atoms with Crippen LogP contribution < -0.4 is 5.32 Å². The van der Waals surface area contributed by atoms with E-state index in [1.54, 1.807) is 0 Å². The zero-order chi connectivity index (χ0) is 13.8. The lowest BCUT2D eigenvalue weighted by Gasteiger charge is -2.25. The second-order valence-electron chi connectivity index (χ2n) is 4.79. The van der Waals surface area contributed by atoms with E-state index in [-0.39, 0.29) is 11.9 Å². The van der Waals surface area contributed by atoms with Gasteiger partial charge in [0.15, 0.2) is 0 Å². The van der Waals surface area contributed by atoms with Crippen LogP contribution in [0.5, 0.6) is 0 Å². The van der Waals surface area contributed by atoms with Crippen LogP contribution in [-0.2, 0) is 0 Å². The Balaban J connectivity index is 2.42. The van der Waals surface area contributed by atoms with Crippen molar-refractivity contribution < 1.29 is 4.39 Å². The Morgan fingerprint density at radius 1 is 1.00 bits per heavy atom. The van der Waals surface area contributed by atoms with Crippen LogP contribution >= 0.6 is 0 Å². The molecule has 0 aromatic heterocycles. The lowest BCUT2D eigenvalue weighted by molar-refractivity contribution is 0.342. The van der Waals surface area contributed by atoms with Crippen molar-refractivity contribution in [3.8, 4) is 0 Å². The zero-order valence-electron chi connectivity index (χ0n) is 11.5. The molecule has 0 amide bonds. The minimum absolute atomic E-state index is 0.119. The summed E-state index contributed by atoms with van der Waals surface area (Å²) in [6.45, 7) is 0. The molecular formula is C16H19FN2. The maximum atomic E-state index is 13.0. The third-order valence-corrected chi connectivity index (χ3v) is 3.19. The molecule has 0 aliphatic heterocycles. The SMILES string of the molecule is CNc1cccc(C(c2ccc(F)cc2)N(C)C)c1. The maximum Gasteiger partial charge on any atom is 0.123 e. The minimum atomic E-state index is -0.203. The number of hydrogen-bond donors (Lipinski definition) is 1. The van der Waals surface area contributed by atoms with Crippen LogP contribution in [0.4, 0.5) is 10.1 Å². The number of halogens is 1. The van der Waals surface area contributed by atoms with E-state index in [2.05, 4.69) is 22.3 Å². The van der Waals surface area contributed by atoms with Gasteiger partial charge in [-0.3, -0.25) is 4.90 Å². The fourth-order valence-corrected chi connectivity index (χ4v) is 2.30. The Kier molecular flexibility index (Phi) is 4.17. The minimum Gasteiger partial charge on any atom is -0.388 e. The van der Waals surface area contributed by atoms with Crippen molar-refractivity contribution >= 4 is 5.69 Å². The molecule has 0 heterocycles. The van der Waals surface area contributed by atoms with Crippen molar-refractivity contribution in [2.75, 3.05) is 26.5 Å². The molecule has 1 unspecified atom stereocenters. The Morgan fingerprint density at radius 3 is 2.26 bits per heavy atom. The van der Waals surface area contributed by atoms with Crippen molar-refractivity contribution in [1.82, 2.24) is 4.90 Å². The van der Waals surface area contributed by atoms with Crippen LogP contribution in [0.1, 0.15) is 17.2 Å². The summed E-state index contributed by atoms with van der Waals surface area (Å²) < 4.78 is 13.0. The molecule has 100 valence electrons. The van der Waals surface area contributed by atoms with E-state index < -0.39 is 0 Å². The van der Waals surface area contributed by atoms with Crippen molar-refractivity contribution in [2.24, 2.45) is 0 Å². The number of nitrogens with one attached hydrogen (secondary N) is 1. The quantitative estimate of drug-likeness (QED) is 0.902. The van der Waals surface area contributed by atoms with E-state index in [4.69, 9.17) is 0 Å². The molecule has 0 bridgehead atoms. The Labute approximate surface area is 113 Å². The van der Waals surface area contributed by atoms with E-state index in [9.17, 15) is 4.39 Å². The first kappa shape index (κ1) is 13.6. The van der Waals surface area contributed by atoms with Gasteiger partial charge in [-0.1, -0.05) is 24.3 Å². The maximum absolute atomic E-state index is 13.0. The summed E-state index contributed by atoms with van der Waals surface area (Å²) in [6.07, 6.45) is 0. The third kappa shape index (κ3) is 3.12. The van der Waals surface area contributed by atoms with Gasteiger partial charge in [-0.15, -0.1) is 0 Å². The van der Waals surface area contributed by atoms with Gasteiger partial charge in [-0.2, -0.15) is 0 Å². The molecule has 0 aliphatic carbocycles. The van der Waals surface area contributed by atoms with E-state index in [0.29, 0.717) is 0 Å². The fraction of sp³-hybridized carbons (Fsp3) is 0.250. The Hall–Kier alpha value is -1.87. The number of hydrogen-bond acceptors (Lipinski definition) is 2. The standard InChI is InChI=1S/C16H19FN2/c1-18-15-6-4-5-13(11-15)16(19(2)3)12-7-9-14(17)10-8-12/h4-11,16,18H,1-3H3. The molecule has 1 N–H and O–H groups in total. The molecule has 0 saturated carbocycles. The highest BCUT2D eigenvalue weighted by Gasteiger charge is 2.16. The van der Waals surface area contributed by atoms with Gasteiger partial charge >= 0.3 is 0 Å². The number of rotatable bonds is 4. The van der Waals surface area contributed by atoms with Gasteiger partial charge < -0.3 is 5.32 Å². The summed E-state index contributed by atoms with van der Waals surface area (Å²) in [7, 11) is 5.96. The smallest absolute Gasteiger partial charge is 0.123 e. The summed E-state index contributed by atoms with van der Waals surface area (Å²) in [5.74, 6) is -0.203. The summed E-state index contributed by atoms with van der Waals surface area (Å²) >= 11 is 0. The second kappa shape index (κ2) is 5.85. The van der Waals surface area contributed by atoms with Gasteiger partial charge in [-0.25, -0.2) is 4.39 Å². The first-order valence-corrected chi connectivity index (χ1v) is 6.31. The molecule has 2 rings (SSSR count). The van der Waals surface area contributed by atoms with Gasteiger partial charge in [0, 0.05) is 12.7 Å². The molecule has 0 fully saturated rings. The predicted octanol–water partition coefficient (Wildman–Crippen LogP) is 3.52. The summed E-state index contributed by atoms with van der Waals surface area (Å²) in [5.41, 5.74) is 3.34. The normalized spacial score (nSPS) is 12.5. The lowest BCUT2D eigenvalue weighted by atomic mass is 9.97. The zero-order valence-corrected chi connectivity index (χ0v) is 11.5. The number of anilines is 1. The largest absolute Gasteiger partial charge is 0.388 e. The average molecular weight is 258 g/mol. The summed E-state index contributed by atoms with van der Waals surface area (Å²) in [6, 6.07) is 15.1. The Morgan fingerprint density at radius 2 is 1.68 bits per heavy atom. The van der Waals surface area contributed by atoms with E-state index in [0.717, 1.165) is 11.3 Å². The van der Waals surface area contributed by atoms with Gasteiger partial charge in [0.1, 0.15) is 5.82 Å². The highest BCUT2D eigenvalue weighted by Crippen LogP contribution is 2.28. The molecule has 2 aromatic rings. The molecule has 0 saturated heterocycles. The van der Waals surface area contributed by atoms with Crippen LogP contribution in [0.2, 0.25) is 0 Å². The summed E-state index contributed by atoms with van der Waals surface area (Å²) in [4.78, 5) is 2.13.